The summed E-state index contributed by atoms with van der Waals surface area (Å²) in [6, 6.07) is 16.0. The van der Waals surface area contributed by atoms with Crippen molar-refractivity contribution in [3.63, 3.8) is 0 Å². The van der Waals surface area contributed by atoms with Crippen molar-refractivity contribution in [3.05, 3.63) is 66.5 Å². The summed E-state index contributed by atoms with van der Waals surface area (Å²) >= 11 is 0. The minimum Gasteiger partial charge on any atom is -0.437 e. The quantitative estimate of drug-likeness (QED) is 0.247. The number of aromatic nitrogens is 3. The number of rotatable bonds is 8. The van der Waals surface area contributed by atoms with Gasteiger partial charge >= 0.3 is 0 Å². The molecule has 1 saturated heterocycles. The third kappa shape index (κ3) is 5.49. The Balaban J connectivity index is 1.29. The zero-order valence-corrected chi connectivity index (χ0v) is 23.3. The van der Waals surface area contributed by atoms with Crippen molar-refractivity contribution in [2.45, 2.75) is 46.1 Å². The van der Waals surface area contributed by atoms with Crippen LogP contribution in [0.15, 0.2) is 60.9 Å². The maximum Gasteiger partial charge on any atom is 0.228 e. The van der Waals surface area contributed by atoms with Crippen molar-refractivity contribution in [1.29, 1.82) is 0 Å². The topological polar surface area (TPSA) is 101 Å². The number of fused-ring (bicyclic) bond motifs is 1. The molecule has 3 heterocycles. The number of hydrogen-bond donors (Lipinski definition) is 3. The molecule has 1 aliphatic carbocycles. The van der Waals surface area contributed by atoms with Crippen molar-refractivity contribution in [3.8, 4) is 22.9 Å². The zero-order valence-electron chi connectivity index (χ0n) is 23.3. The molecule has 1 aliphatic heterocycles. The van der Waals surface area contributed by atoms with E-state index in [1.807, 2.05) is 55.5 Å². The van der Waals surface area contributed by atoms with Gasteiger partial charge in [0.2, 0.25) is 17.7 Å². The van der Waals surface area contributed by atoms with E-state index >= 15 is 0 Å². The van der Waals surface area contributed by atoms with Gasteiger partial charge in [-0.25, -0.2) is 15.0 Å². The molecule has 3 atom stereocenters. The number of benzene rings is 2. The summed E-state index contributed by atoms with van der Waals surface area (Å²) < 4.78 is 6.55. The molecule has 0 bridgehead atoms. The summed E-state index contributed by atoms with van der Waals surface area (Å²) in [5.41, 5.74) is 3.29. The molecule has 2 fully saturated rings. The Morgan fingerprint density at radius 2 is 1.95 bits per heavy atom. The highest BCUT2D eigenvalue weighted by molar-refractivity contribution is 6.05. The van der Waals surface area contributed by atoms with Crippen molar-refractivity contribution >= 4 is 28.3 Å². The maximum atomic E-state index is 13.0. The number of hydrogen-bond acceptors (Lipinski definition) is 7. The van der Waals surface area contributed by atoms with Gasteiger partial charge in [0.1, 0.15) is 5.75 Å². The average molecular weight is 537 g/mol. The molecule has 206 valence electrons. The number of carbonyl (C=O) groups excluding carboxylic acids is 1. The van der Waals surface area contributed by atoms with Crippen LogP contribution in [-0.2, 0) is 4.79 Å². The second kappa shape index (κ2) is 11.2. The second-order valence-electron chi connectivity index (χ2n) is 11.3. The largest absolute Gasteiger partial charge is 0.437 e. The first-order chi connectivity index (χ1) is 19.5. The van der Waals surface area contributed by atoms with Crippen LogP contribution in [0.2, 0.25) is 0 Å². The zero-order chi connectivity index (χ0) is 27.6. The average Bonchev–Trinajstić information content (AvgIpc) is 3.78. The van der Waals surface area contributed by atoms with Crippen LogP contribution in [0.5, 0.6) is 11.6 Å². The first-order valence-electron chi connectivity index (χ1n) is 14.2. The molecule has 1 amide bonds. The van der Waals surface area contributed by atoms with Gasteiger partial charge in [0.05, 0.1) is 11.3 Å². The smallest absolute Gasteiger partial charge is 0.228 e. The highest BCUT2D eigenvalue weighted by Crippen LogP contribution is 2.45. The number of nitrogens with one attached hydrogen (secondary N) is 3. The maximum absolute atomic E-state index is 13.0. The standard InChI is InChI=1S/C32H36N6O2/c1-19(2)25-17-26(25)30(39)37-27-10-4-8-23-22(27)12-11-20(3)29(23)40-31-24(9-6-15-34-31)28-13-16-35-32(38-28)36-21-7-5-14-33-18-21/h4,6,8-13,15-16,19,21,25-26,33H,5,7,14,17-18H2,1-3H3,(H,37,39)(H,35,36,38)/t21-,25?,26?/m0/s1. The molecule has 4 aromatic rings. The Morgan fingerprint density at radius 3 is 2.75 bits per heavy atom. The molecular weight excluding hydrogens is 500 g/mol. The fraction of sp³-hybridized carbons (Fsp3) is 0.375. The van der Waals surface area contributed by atoms with Gasteiger partial charge in [-0.15, -0.1) is 0 Å². The number of carbonyl (C=O) groups is 1. The van der Waals surface area contributed by atoms with Crippen LogP contribution >= 0.6 is 0 Å². The molecule has 2 aliphatic rings. The van der Waals surface area contributed by atoms with Gasteiger partial charge < -0.3 is 20.7 Å². The predicted octanol–water partition coefficient (Wildman–Crippen LogP) is 6.19. The van der Waals surface area contributed by atoms with Crippen molar-refractivity contribution in [2.75, 3.05) is 23.7 Å². The minimum atomic E-state index is 0.0918. The lowest BCUT2D eigenvalue weighted by atomic mass is 10.0. The normalized spacial score (nSPS) is 20.4. The summed E-state index contributed by atoms with van der Waals surface area (Å²) in [6.07, 6.45) is 6.66. The van der Waals surface area contributed by atoms with Crippen LogP contribution < -0.4 is 20.7 Å². The molecular formula is C32H36N6O2. The third-order valence-corrected chi connectivity index (χ3v) is 8.03. The molecule has 2 unspecified atom stereocenters. The Hall–Kier alpha value is -4.04. The van der Waals surface area contributed by atoms with E-state index in [-0.39, 0.29) is 11.8 Å². The fourth-order valence-corrected chi connectivity index (χ4v) is 5.66. The van der Waals surface area contributed by atoms with Crippen LogP contribution in [0.25, 0.3) is 22.0 Å². The highest BCUT2D eigenvalue weighted by Gasteiger charge is 2.44. The van der Waals surface area contributed by atoms with Gasteiger partial charge in [0.25, 0.3) is 0 Å². The van der Waals surface area contributed by atoms with E-state index in [9.17, 15) is 4.79 Å². The first-order valence-corrected chi connectivity index (χ1v) is 14.2. The Bertz CT molecular complexity index is 1530. The van der Waals surface area contributed by atoms with Gasteiger partial charge in [0, 0.05) is 47.4 Å². The summed E-state index contributed by atoms with van der Waals surface area (Å²) in [4.78, 5) is 26.8. The lowest BCUT2D eigenvalue weighted by Gasteiger charge is -2.23. The lowest BCUT2D eigenvalue weighted by molar-refractivity contribution is -0.117. The van der Waals surface area contributed by atoms with E-state index in [2.05, 4.69) is 39.8 Å². The second-order valence-corrected chi connectivity index (χ2v) is 11.3. The summed E-state index contributed by atoms with van der Waals surface area (Å²) in [6.45, 7) is 8.33. The van der Waals surface area contributed by atoms with Crippen LogP contribution in [0.3, 0.4) is 0 Å². The molecule has 2 aromatic carbocycles. The molecule has 8 heteroatoms. The van der Waals surface area contributed by atoms with E-state index in [1.165, 1.54) is 0 Å². The minimum absolute atomic E-state index is 0.0918. The van der Waals surface area contributed by atoms with Gasteiger partial charge in [-0.05, 0) is 74.4 Å². The van der Waals surface area contributed by atoms with E-state index in [1.54, 1.807) is 12.4 Å². The highest BCUT2D eigenvalue weighted by atomic mass is 16.5. The van der Waals surface area contributed by atoms with Crippen molar-refractivity contribution < 1.29 is 9.53 Å². The lowest BCUT2D eigenvalue weighted by Crippen LogP contribution is -2.38. The Morgan fingerprint density at radius 1 is 1.05 bits per heavy atom. The molecule has 0 spiro atoms. The molecule has 3 N–H and O–H groups in total. The number of nitrogens with zero attached hydrogens (tertiary/aromatic N) is 3. The SMILES string of the molecule is Cc1ccc2c(NC(=O)C3CC3C(C)C)cccc2c1Oc1ncccc1-c1ccnc(N[C@H]2CCCNC2)n1. The van der Waals surface area contributed by atoms with E-state index in [0.717, 1.165) is 65.6 Å². The molecule has 2 aromatic heterocycles. The van der Waals surface area contributed by atoms with Gasteiger partial charge in [-0.1, -0.05) is 38.1 Å². The van der Waals surface area contributed by atoms with Crippen LogP contribution in [-0.4, -0.2) is 40.0 Å². The molecule has 8 nitrogen and oxygen atoms in total. The number of anilines is 2. The summed E-state index contributed by atoms with van der Waals surface area (Å²) in [5, 5.41) is 11.9. The summed E-state index contributed by atoms with van der Waals surface area (Å²) in [7, 11) is 0. The van der Waals surface area contributed by atoms with Gasteiger partial charge in [-0.2, -0.15) is 0 Å². The number of pyridine rings is 1. The monoisotopic (exact) mass is 536 g/mol. The van der Waals surface area contributed by atoms with E-state index in [4.69, 9.17) is 9.72 Å². The van der Waals surface area contributed by atoms with Gasteiger partial charge in [-0.3, -0.25) is 4.79 Å². The molecule has 1 saturated carbocycles. The number of piperidine rings is 1. The summed E-state index contributed by atoms with van der Waals surface area (Å²) in [5.74, 6) is 2.95. The first kappa shape index (κ1) is 26.2. The van der Waals surface area contributed by atoms with Crippen LogP contribution in [0.4, 0.5) is 11.6 Å². The Labute approximate surface area is 235 Å². The third-order valence-electron chi connectivity index (χ3n) is 8.03. The van der Waals surface area contributed by atoms with E-state index < -0.39 is 0 Å². The van der Waals surface area contributed by atoms with Crippen LogP contribution in [0.1, 0.15) is 38.7 Å². The fourth-order valence-electron chi connectivity index (χ4n) is 5.66. The van der Waals surface area contributed by atoms with E-state index in [0.29, 0.717) is 35.5 Å². The molecule has 6 rings (SSSR count). The Kier molecular flexibility index (Phi) is 7.34. The van der Waals surface area contributed by atoms with Crippen LogP contribution in [0, 0.1) is 24.7 Å². The number of amides is 1. The predicted molar refractivity (Wildman–Crippen MR) is 159 cm³/mol. The number of ether oxygens (including phenoxy) is 1. The molecule has 0 radical (unpaired) electrons. The number of aryl methyl sites for hydroxylation is 1. The van der Waals surface area contributed by atoms with Crippen molar-refractivity contribution in [1.82, 2.24) is 20.3 Å². The molecule has 40 heavy (non-hydrogen) atoms. The van der Waals surface area contributed by atoms with Gasteiger partial charge in [0.15, 0.2) is 0 Å². The van der Waals surface area contributed by atoms with Crippen molar-refractivity contribution in [2.24, 2.45) is 17.8 Å².